The molecular weight excluding hydrogens is 284 g/mol. The zero-order valence-corrected chi connectivity index (χ0v) is 13.6. The predicted molar refractivity (Wildman–Crippen MR) is 86.8 cm³/mol. The fraction of sp³-hybridized carbons (Fsp3) is 0.467. The highest BCUT2D eigenvalue weighted by molar-refractivity contribution is 7.11. The monoisotopic (exact) mass is 306 g/mol. The van der Waals surface area contributed by atoms with Crippen LogP contribution in [0.3, 0.4) is 0 Å². The van der Waals surface area contributed by atoms with Crippen molar-refractivity contribution >= 4 is 17.3 Å². The Kier molecular flexibility index (Phi) is 5.80. The minimum Gasteiger partial charge on any atom is -0.469 e. The highest BCUT2D eigenvalue weighted by Crippen LogP contribution is 2.16. The van der Waals surface area contributed by atoms with E-state index in [2.05, 4.69) is 34.5 Å². The second kappa shape index (κ2) is 7.83. The molecule has 0 saturated carbocycles. The summed E-state index contributed by atoms with van der Waals surface area (Å²) < 4.78 is 5.31. The molecule has 2 N–H and O–H groups in total. The molecule has 0 aromatic carbocycles. The maximum absolute atomic E-state index is 5.31. The molecule has 2 heterocycles. The number of rotatable bonds is 6. The lowest BCUT2D eigenvalue weighted by Gasteiger charge is -2.10. The van der Waals surface area contributed by atoms with E-state index in [9.17, 15) is 0 Å². The van der Waals surface area contributed by atoms with Crippen LogP contribution in [0.15, 0.2) is 27.8 Å². The molecule has 5 nitrogen and oxygen atoms in total. The molecule has 0 fully saturated rings. The minimum absolute atomic E-state index is 0.607. The summed E-state index contributed by atoms with van der Waals surface area (Å²) in [6.45, 7) is 8.41. The Hall–Kier alpha value is -1.82. The van der Waals surface area contributed by atoms with Crippen molar-refractivity contribution in [2.24, 2.45) is 4.99 Å². The first-order chi connectivity index (χ1) is 10.2. The van der Waals surface area contributed by atoms with Crippen molar-refractivity contribution in [1.82, 2.24) is 15.6 Å². The zero-order chi connectivity index (χ0) is 15.1. The van der Waals surface area contributed by atoms with Gasteiger partial charge in [-0.2, -0.15) is 0 Å². The van der Waals surface area contributed by atoms with Crippen molar-refractivity contribution in [2.45, 2.75) is 33.7 Å². The molecule has 0 atom stereocenters. The zero-order valence-electron chi connectivity index (χ0n) is 12.8. The summed E-state index contributed by atoms with van der Waals surface area (Å²) in [5.41, 5.74) is 1.10. The molecule has 6 heteroatoms. The van der Waals surface area contributed by atoms with Gasteiger partial charge in [-0.05, 0) is 32.9 Å². The number of guanidine groups is 1. The molecule has 2 aromatic rings. The van der Waals surface area contributed by atoms with E-state index in [-0.39, 0.29) is 0 Å². The number of nitrogens with one attached hydrogen (secondary N) is 2. The summed E-state index contributed by atoms with van der Waals surface area (Å²) in [4.78, 5) is 10.3. The van der Waals surface area contributed by atoms with Gasteiger partial charge in [-0.15, -0.1) is 11.3 Å². The van der Waals surface area contributed by atoms with E-state index in [4.69, 9.17) is 4.42 Å². The third-order valence-electron chi connectivity index (χ3n) is 3.03. The quantitative estimate of drug-likeness (QED) is 0.636. The number of aryl methyl sites for hydroxylation is 2. The topological polar surface area (TPSA) is 62.5 Å². The lowest BCUT2D eigenvalue weighted by atomic mass is 10.3. The third-order valence-corrected chi connectivity index (χ3v) is 4.09. The number of nitrogens with zero attached hydrogens (tertiary/aromatic N) is 2. The molecular formula is C15H22N4OS. The van der Waals surface area contributed by atoms with Crippen LogP contribution in [-0.2, 0) is 13.0 Å². The molecule has 0 amide bonds. The van der Waals surface area contributed by atoms with Crippen molar-refractivity contribution in [2.75, 3.05) is 13.1 Å². The molecule has 0 radical (unpaired) electrons. The van der Waals surface area contributed by atoms with Gasteiger partial charge in [-0.1, -0.05) is 0 Å². The summed E-state index contributed by atoms with van der Waals surface area (Å²) in [5, 5.41) is 7.60. The number of aliphatic imine (C=N–C) groups is 1. The molecule has 21 heavy (non-hydrogen) atoms. The fourth-order valence-electron chi connectivity index (χ4n) is 1.85. The molecule has 0 aliphatic rings. The molecule has 2 rings (SSSR count). The van der Waals surface area contributed by atoms with Crippen LogP contribution in [0.4, 0.5) is 0 Å². The van der Waals surface area contributed by atoms with Crippen LogP contribution in [-0.4, -0.2) is 24.0 Å². The van der Waals surface area contributed by atoms with Gasteiger partial charge in [0, 0.05) is 24.4 Å². The first-order valence-electron chi connectivity index (χ1n) is 7.16. The molecule has 0 bridgehead atoms. The van der Waals surface area contributed by atoms with Crippen LogP contribution in [0, 0.1) is 13.8 Å². The van der Waals surface area contributed by atoms with Gasteiger partial charge in [0.25, 0.3) is 0 Å². The Morgan fingerprint density at radius 1 is 1.38 bits per heavy atom. The lowest BCUT2D eigenvalue weighted by molar-refractivity contribution is 0.507. The van der Waals surface area contributed by atoms with Crippen molar-refractivity contribution < 1.29 is 4.42 Å². The largest absolute Gasteiger partial charge is 0.469 e. The molecule has 114 valence electrons. The molecule has 0 spiro atoms. The Bertz CT molecular complexity index is 555. The Morgan fingerprint density at radius 3 is 2.86 bits per heavy atom. The number of thiazole rings is 1. The van der Waals surface area contributed by atoms with Gasteiger partial charge in [0.1, 0.15) is 10.8 Å². The van der Waals surface area contributed by atoms with Gasteiger partial charge < -0.3 is 15.1 Å². The number of hydrogen-bond donors (Lipinski definition) is 2. The molecule has 2 aromatic heterocycles. The molecule has 0 unspecified atom stereocenters. The second-order valence-electron chi connectivity index (χ2n) is 4.70. The van der Waals surface area contributed by atoms with Crippen LogP contribution < -0.4 is 10.6 Å². The maximum atomic E-state index is 5.31. The van der Waals surface area contributed by atoms with Crippen LogP contribution in [0.2, 0.25) is 0 Å². The third kappa shape index (κ3) is 4.90. The van der Waals surface area contributed by atoms with Gasteiger partial charge in [0.2, 0.25) is 0 Å². The van der Waals surface area contributed by atoms with Crippen LogP contribution >= 0.6 is 11.3 Å². The van der Waals surface area contributed by atoms with Gasteiger partial charge in [-0.3, -0.25) is 0 Å². The first kappa shape index (κ1) is 15.6. The summed E-state index contributed by atoms with van der Waals surface area (Å²) in [6, 6.07) is 3.88. The van der Waals surface area contributed by atoms with Crippen LogP contribution in [0.5, 0.6) is 0 Å². The molecule has 0 aliphatic heterocycles. The average molecular weight is 306 g/mol. The number of aromatic nitrogens is 1. The van der Waals surface area contributed by atoms with Gasteiger partial charge >= 0.3 is 0 Å². The average Bonchev–Trinajstić information content (AvgIpc) is 3.07. The standard InChI is InChI=1S/C15H22N4OS/c1-4-16-15(17-8-7-13-6-5-9-20-13)18-10-14-19-11(2)12(3)21-14/h5-6,9H,4,7-8,10H2,1-3H3,(H2,16,17,18). The summed E-state index contributed by atoms with van der Waals surface area (Å²) >= 11 is 1.71. The summed E-state index contributed by atoms with van der Waals surface area (Å²) in [7, 11) is 0. The van der Waals surface area contributed by atoms with E-state index >= 15 is 0 Å². The Labute approximate surface area is 129 Å². The smallest absolute Gasteiger partial charge is 0.191 e. The summed E-state index contributed by atoms with van der Waals surface area (Å²) in [5.74, 6) is 1.79. The van der Waals surface area contributed by atoms with Crippen LogP contribution in [0.1, 0.15) is 28.3 Å². The normalized spacial score (nSPS) is 11.7. The van der Waals surface area contributed by atoms with E-state index < -0.39 is 0 Å². The lowest BCUT2D eigenvalue weighted by Crippen LogP contribution is -2.38. The van der Waals surface area contributed by atoms with E-state index in [0.29, 0.717) is 6.54 Å². The Balaban J connectivity index is 1.86. The predicted octanol–water partition coefficient (Wildman–Crippen LogP) is 2.65. The van der Waals surface area contributed by atoms with E-state index in [1.807, 2.05) is 19.1 Å². The van der Waals surface area contributed by atoms with E-state index in [1.54, 1.807) is 17.6 Å². The van der Waals surface area contributed by atoms with Crippen LogP contribution in [0.25, 0.3) is 0 Å². The van der Waals surface area contributed by atoms with Gasteiger partial charge in [0.15, 0.2) is 5.96 Å². The van der Waals surface area contributed by atoms with Crippen molar-refractivity contribution in [3.05, 3.63) is 39.7 Å². The van der Waals surface area contributed by atoms with E-state index in [0.717, 1.165) is 41.9 Å². The highest BCUT2D eigenvalue weighted by Gasteiger charge is 2.04. The van der Waals surface area contributed by atoms with Gasteiger partial charge in [-0.25, -0.2) is 9.98 Å². The van der Waals surface area contributed by atoms with Crippen molar-refractivity contribution in [1.29, 1.82) is 0 Å². The molecule has 0 aliphatic carbocycles. The highest BCUT2D eigenvalue weighted by atomic mass is 32.1. The second-order valence-corrected chi connectivity index (χ2v) is 5.99. The molecule has 0 saturated heterocycles. The van der Waals surface area contributed by atoms with E-state index in [1.165, 1.54) is 4.88 Å². The van der Waals surface area contributed by atoms with Gasteiger partial charge in [0.05, 0.1) is 18.5 Å². The maximum Gasteiger partial charge on any atom is 0.191 e. The summed E-state index contributed by atoms with van der Waals surface area (Å²) in [6.07, 6.45) is 2.54. The fourth-order valence-corrected chi connectivity index (χ4v) is 2.71. The van der Waals surface area contributed by atoms with Crippen molar-refractivity contribution in [3.8, 4) is 0 Å². The van der Waals surface area contributed by atoms with Crippen molar-refractivity contribution in [3.63, 3.8) is 0 Å². The first-order valence-corrected chi connectivity index (χ1v) is 7.98. The Morgan fingerprint density at radius 2 is 2.24 bits per heavy atom. The minimum atomic E-state index is 0.607. The number of hydrogen-bond acceptors (Lipinski definition) is 4. The SMILES string of the molecule is CCNC(=NCc1nc(C)c(C)s1)NCCc1ccco1. The number of furan rings is 1.